The van der Waals surface area contributed by atoms with Crippen LogP contribution in [-0.2, 0) is 14.8 Å². The van der Waals surface area contributed by atoms with Crippen LogP contribution in [0.2, 0.25) is 0 Å². The summed E-state index contributed by atoms with van der Waals surface area (Å²) in [6, 6.07) is 15.4. The van der Waals surface area contributed by atoms with Gasteiger partial charge in [-0.25, -0.2) is 17.9 Å². The first-order valence-electron chi connectivity index (χ1n) is 10.1. The van der Waals surface area contributed by atoms with Crippen LogP contribution in [0.1, 0.15) is 26.5 Å². The zero-order valence-corrected chi connectivity index (χ0v) is 19.5. The lowest BCUT2D eigenvalue weighted by atomic mass is 10.00. The third-order valence-electron chi connectivity index (χ3n) is 4.95. The molecular formula is C23H25N3O6S. The molecule has 2 N–H and O–H groups in total. The number of nitrogens with zero attached hydrogens (tertiary/aromatic N) is 2. The Bertz CT molecular complexity index is 1260. The molecule has 3 rings (SSSR count). The van der Waals surface area contributed by atoms with E-state index in [4.69, 9.17) is 4.52 Å². The van der Waals surface area contributed by atoms with Gasteiger partial charge in [-0.2, -0.15) is 0 Å². The van der Waals surface area contributed by atoms with Crippen LogP contribution in [0, 0.1) is 6.92 Å². The van der Waals surface area contributed by atoms with Crippen molar-refractivity contribution >= 4 is 22.0 Å². The molecule has 0 atom stereocenters. The summed E-state index contributed by atoms with van der Waals surface area (Å²) in [5.74, 6) is -0.369. The van der Waals surface area contributed by atoms with Gasteiger partial charge in [0.2, 0.25) is 0 Å². The number of sulfonamides is 1. The highest BCUT2D eigenvalue weighted by Gasteiger charge is 2.30. The summed E-state index contributed by atoms with van der Waals surface area (Å²) in [5, 5.41) is 13.4. The second-order valence-corrected chi connectivity index (χ2v) is 10.1. The molecule has 0 saturated carbocycles. The maximum Gasteiger partial charge on any atom is 0.408 e. The predicted octanol–water partition coefficient (Wildman–Crippen LogP) is 3.90. The van der Waals surface area contributed by atoms with Gasteiger partial charge in [-0.3, -0.25) is 9.69 Å². The smallest absolute Gasteiger partial charge is 0.408 e. The van der Waals surface area contributed by atoms with E-state index in [2.05, 4.69) is 5.16 Å². The molecule has 0 aliphatic carbocycles. The maximum atomic E-state index is 12.7. The van der Waals surface area contributed by atoms with Crippen molar-refractivity contribution in [3.8, 4) is 22.4 Å². The minimum Gasteiger partial charge on any atom is -0.465 e. The van der Waals surface area contributed by atoms with Gasteiger partial charge in [-0.15, -0.1) is 0 Å². The number of hydrogen-bond donors (Lipinski definition) is 2. The number of carbonyl (C=O) groups is 2. The number of aromatic nitrogens is 1. The monoisotopic (exact) mass is 471 g/mol. The topological polar surface area (TPSA) is 130 Å². The average molecular weight is 472 g/mol. The summed E-state index contributed by atoms with van der Waals surface area (Å²) in [7, 11) is -4.19. The Hall–Kier alpha value is -3.66. The molecule has 1 heterocycles. The first kappa shape index (κ1) is 24.0. The Kier molecular flexibility index (Phi) is 6.59. The van der Waals surface area contributed by atoms with Gasteiger partial charge in [-0.05, 0) is 45.4 Å². The fourth-order valence-electron chi connectivity index (χ4n) is 3.28. The third kappa shape index (κ3) is 5.40. The second-order valence-electron chi connectivity index (χ2n) is 8.42. The van der Waals surface area contributed by atoms with Gasteiger partial charge < -0.3 is 9.63 Å². The van der Waals surface area contributed by atoms with E-state index in [1.807, 2.05) is 35.1 Å². The number of carboxylic acid groups (broad SMARTS) is 1. The molecule has 9 nitrogen and oxygen atoms in total. The summed E-state index contributed by atoms with van der Waals surface area (Å²) in [5.41, 5.74) is 2.05. The first-order chi connectivity index (χ1) is 15.4. The third-order valence-corrected chi connectivity index (χ3v) is 6.34. The number of nitrogens with one attached hydrogen (secondary N) is 1. The number of carbonyl (C=O) groups excluding carboxylic acids is 1. The van der Waals surface area contributed by atoms with Gasteiger partial charge in [0.05, 0.1) is 10.5 Å². The van der Waals surface area contributed by atoms with Crippen molar-refractivity contribution in [3.05, 3.63) is 60.4 Å². The van der Waals surface area contributed by atoms with Crippen LogP contribution in [0.4, 0.5) is 4.79 Å². The normalized spacial score (nSPS) is 11.8. The van der Waals surface area contributed by atoms with Crippen LogP contribution in [0.25, 0.3) is 22.4 Å². The van der Waals surface area contributed by atoms with Crippen LogP contribution in [-0.4, -0.2) is 47.7 Å². The van der Waals surface area contributed by atoms with E-state index < -0.39 is 34.1 Å². The fraction of sp³-hybridized carbons (Fsp3) is 0.261. The Balaban J connectivity index is 1.83. The summed E-state index contributed by atoms with van der Waals surface area (Å²) < 4.78 is 32.6. The van der Waals surface area contributed by atoms with Crippen LogP contribution in [0.3, 0.4) is 0 Å². The Morgan fingerprint density at radius 2 is 1.64 bits per heavy atom. The van der Waals surface area contributed by atoms with Gasteiger partial charge in [0, 0.05) is 11.1 Å². The molecule has 0 fully saturated rings. The fourth-order valence-corrected chi connectivity index (χ4v) is 4.26. The van der Waals surface area contributed by atoms with E-state index in [1.165, 1.54) is 12.1 Å². The highest BCUT2D eigenvalue weighted by molar-refractivity contribution is 7.90. The molecule has 2 amide bonds. The molecule has 0 radical (unpaired) electrons. The standard InChI is InChI=1S/C23H25N3O6S/c1-15-20(21(24-32-15)17-8-6-5-7-9-17)16-10-12-18(13-11-16)33(30,31)25-19(27)14-26(22(28)29)23(2,3)4/h5-13H,14H2,1-4H3,(H,25,27)(H,28,29). The number of rotatable bonds is 6. The van der Waals surface area contributed by atoms with Gasteiger partial charge in [0.1, 0.15) is 18.0 Å². The summed E-state index contributed by atoms with van der Waals surface area (Å²) >= 11 is 0. The molecule has 10 heteroatoms. The number of benzene rings is 2. The summed E-state index contributed by atoms with van der Waals surface area (Å²) in [4.78, 5) is 24.4. The van der Waals surface area contributed by atoms with Crippen LogP contribution in [0.15, 0.2) is 64.0 Å². The quantitative estimate of drug-likeness (QED) is 0.558. The number of hydrogen-bond acceptors (Lipinski definition) is 6. The van der Waals surface area contributed by atoms with E-state index >= 15 is 0 Å². The van der Waals surface area contributed by atoms with Gasteiger partial charge in [-0.1, -0.05) is 47.6 Å². The van der Waals surface area contributed by atoms with Crippen molar-refractivity contribution in [2.45, 2.75) is 38.1 Å². The van der Waals surface area contributed by atoms with E-state index in [0.717, 1.165) is 16.0 Å². The van der Waals surface area contributed by atoms with Gasteiger partial charge in [0.25, 0.3) is 15.9 Å². The molecular weight excluding hydrogens is 446 g/mol. The molecule has 33 heavy (non-hydrogen) atoms. The van der Waals surface area contributed by atoms with Crippen molar-refractivity contribution in [1.29, 1.82) is 0 Å². The lowest BCUT2D eigenvalue weighted by molar-refractivity contribution is -0.121. The molecule has 0 bridgehead atoms. The van der Waals surface area contributed by atoms with E-state index in [1.54, 1.807) is 39.8 Å². The zero-order chi connectivity index (χ0) is 24.4. The van der Waals surface area contributed by atoms with Crippen molar-refractivity contribution in [3.63, 3.8) is 0 Å². The average Bonchev–Trinajstić information content (AvgIpc) is 3.13. The van der Waals surface area contributed by atoms with Crippen molar-refractivity contribution in [2.24, 2.45) is 0 Å². The SMILES string of the molecule is Cc1onc(-c2ccccc2)c1-c1ccc(S(=O)(=O)NC(=O)CN(C(=O)O)C(C)(C)C)cc1. The molecule has 0 aliphatic rings. The minimum atomic E-state index is -4.19. The van der Waals surface area contributed by atoms with Crippen molar-refractivity contribution in [2.75, 3.05) is 6.54 Å². The van der Waals surface area contributed by atoms with Crippen molar-refractivity contribution in [1.82, 2.24) is 14.8 Å². The van der Waals surface area contributed by atoms with E-state index in [9.17, 15) is 23.1 Å². The highest BCUT2D eigenvalue weighted by Crippen LogP contribution is 2.34. The zero-order valence-electron chi connectivity index (χ0n) is 18.7. The molecule has 3 aromatic rings. The van der Waals surface area contributed by atoms with Gasteiger partial charge >= 0.3 is 6.09 Å². The molecule has 2 aromatic carbocycles. The second kappa shape index (κ2) is 9.07. The summed E-state index contributed by atoms with van der Waals surface area (Å²) in [6.45, 7) is 5.98. The molecule has 0 unspecified atom stereocenters. The minimum absolute atomic E-state index is 0.132. The number of aryl methyl sites for hydroxylation is 1. The predicted molar refractivity (Wildman–Crippen MR) is 122 cm³/mol. The van der Waals surface area contributed by atoms with E-state index in [0.29, 0.717) is 17.0 Å². The maximum absolute atomic E-state index is 12.7. The van der Waals surface area contributed by atoms with E-state index in [-0.39, 0.29) is 4.90 Å². The molecule has 1 aromatic heterocycles. The number of amides is 2. The first-order valence-corrected chi connectivity index (χ1v) is 11.6. The van der Waals surface area contributed by atoms with Crippen LogP contribution < -0.4 is 4.72 Å². The Labute approximate surface area is 192 Å². The molecule has 0 aliphatic heterocycles. The Morgan fingerprint density at radius 3 is 2.18 bits per heavy atom. The molecule has 0 spiro atoms. The summed E-state index contributed by atoms with van der Waals surface area (Å²) in [6.07, 6.45) is -1.32. The Morgan fingerprint density at radius 1 is 1.03 bits per heavy atom. The molecule has 174 valence electrons. The van der Waals surface area contributed by atoms with Gasteiger partial charge in [0.15, 0.2) is 0 Å². The lowest BCUT2D eigenvalue weighted by Gasteiger charge is -2.32. The highest BCUT2D eigenvalue weighted by atomic mass is 32.2. The van der Waals surface area contributed by atoms with Crippen LogP contribution in [0.5, 0.6) is 0 Å². The largest absolute Gasteiger partial charge is 0.465 e. The van der Waals surface area contributed by atoms with Crippen molar-refractivity contribution < 1.29 is 27.6 Å². The van der Waals surface area contributed by atoms with Crippen LogP contribution >= 0.6 is 0 Å². The molecule has 0 saturated heterocycles. The lowest BCUT2D eigenvalue weighted by Crippen LogP contribution is -2.50.